The number of methoxy groups -OCH3 is 1. The summed E-state index contributed by atoms with van der Waals surface area (Å²) in [5.74, 6) is 1.04. The van der Waals surface area contributed by atoms with E-state index >= 15 is 0 Å². The van der Waals surface area contributed by atoms with Crippen molar-refractivity contribution in [3.05, 3.63) is 24.3 Å². The van der Waals surface area contributed by atoms with Gasteiger partial charge in [0.05, 0.1) is 33.3 Å². The molecule has 1 saturated heterocycles. The van der Waals surface area contributed by atoms with Crippen molar-refractivity contribution in [2.24, 2.45) is 0 Å². The summed E-state index contributed by atoms with van der Waals surface area (Å²) in [5.41, 5.74) is 1.19. The van der Waals surface area contributed by atoms with Crippen LogP contribution >= 0.6 is 0 Å². The van der Waals surface area contributed by atoms with Crippen LogP contribution in [-0.4, -0.2) is 51.8 Å². The Labute approximate surface area is 126 Å². The van der Waals surface area contributed by atoms with Gasteiger partial charge in [0.2, 0.25) is 0 Å². The maximum atomic E-state index is 11.9. The molecule has 1 aromatic carbocycles. The van der Waals surface area contributed by atoms with Gasteiger partial charge in [-0.2, -0.15) is 0 Å². The molecule has 1 aromatic rings. The Morgan fingerprint density at radius 2 is 2.14 bits per heavy atom. The average Bonchev–Trinajstić information content (AvgIpc) is 2.54. The minimum Gasteiger partial charge on any atom is -0.497 e. The van der Waals surface area contributed by atoms with Gasteiger partial charge < -0.3 is 19.9 Å². The van der Waals surface area contributed by atoms with Gasteiger partial charge in [0, 0.05) is 18.3 Å². The Morgan fingerprint density at radius 3 is 2.76 bits per heavy atom. The van der Waals surface area contributed by atoms with Crippen LogP contribution in [0.5, 0.6) is 5.75 Å². The monoisotopic (exact) mass is 292 g/mol. The van der Waals surface area contributed by atoms with Crippen LogP contribution in [0.15, 0.2) is 24.3 Å². The van der Waals surface area contributed by atoms with Crippen LogP contribution in [0, 0.1) is 0 Å². The molecule has 0 radical (unpaired) electrons. The third kappa shape index (κ3) is 3.88. The van der Waals surface area contributed by atoms with Crippen molar-refractivity contribution in [3.63, 3.8) is 0 Å². The van der Waals surface area contributed by atoms with Gasteiger partial charge in [-0.05, 0) is 26.0 Å². The molecule has 2 rings (SSSR count). The van der Waals surface area contributed by atoms with Crippen LogP contribution in [0.2, 0.25) is 0 Å². The van der Waals surface area contributed by atoms with Gasteiger partial charge in [0.15, 0.2) is 6.04 Å². The van der Waals surface area contributed by atoms with Crippen LogP contribution in [0.3, 0.4) is 0 Å². The normalized spacial score (nSPS) is 17.4. The average molecular weight is 292 g/mol. The summed E-state index contributed by atoms with van der Waals surface area (Å²) in [6.45, 7) is 8.57. The molecule has 5 nitrogen and oxygen atoms in total. The Hall–Kier alpha value is -1.75. The Bertz CT molecular complexity index is 470. The highest BCUT2D eigenvalue weighted by Gasteiger charge is 2.28. The van der Waals surface area contributed by atoms with Crippen LogP contribution < -0.4 is 19.9 Å². The van der Waals surface area contributed by atoms with Crippen molar-refractivity contribution in [3.8, 4) is 5.75 Å². The van der Waals surface area contributed by atoms with Crippen molar-refractivity contribution in [2.75, 3.05) is 44.7 Å². The molecule has 1 atom stereocenters. The highest BCUT2D eigenvalue weighted by Crippen LogP contribution is 2.20. The zero-order chi connectivity index (χ0) is 15.2. The van der Waals surface area contributed by atoms with E-state index in [1.807, 2.05) is 26.0 Å². The molecular formula is C16H26N3O2+. The molecule has 0 aliphatic carbocycles. The van der Waals surface area contributed by atoms with E-state index in [9.17, 15) is 4.79 Å². The van der Waals surface area contributed by atoms with E-state index in [0.29, 0.717) is 6.54 Å². The lowest BCUT2D eigenvalue weighted by atomic mass is 10.2. The van der Waals surface area contributed by atoms with E-state index in [-0.39, 0.29) is 11.9 Å². The second-order valence-corrected chi connectivity index (χ2v) is 5.46. The van der Waals surface area contributed by atoms with E-state index in [1.54, 1.807) is 7.11 Å². The smallest absolute Gasteiger partial charge is 0.278 e. The van der Waals surface area contributed by atoms with Crippen molar-refractivity contribution in [1.29, 1.82) is 0 Å². The molecule has 21 heavy (non-hydrogen) atoms. The van der Waals surface area contributed by atoms with Gasteiger partial charge in [0.1, 0.15) is 5.75 Å². The number of benzene rings is 1. The lowest BCUT2D eigenvalue weighted by Crippen LogP contribution is -3.19. The first-order chi connectivity index (χ1) is 10.2. The summed E-state index contributed by atoms with van der Waals surface area (Å²) in [4.78, 5) is 15.6. The number of carbonyl (C=O) groups excluding carboxylic acids is 1. The van der Waals surface area contributed by atoms with Crippen molar-refractivity contribution in [2.45, 2.75) is 19.9 Å². The lowest BCUT2D eigenvalue weighted by Gasteiger charge is -2.36. The molecule has 0 unspecified atom stereocenters. The van der Waals surface area contributed by atoms with Gasteiger partial charge in [-0.15, -0.1) is 0 Å². The van der Waals surface area contributed by atoms with Crippen LogP contribution in [-0.2, 0) is 4.79 Å². The summed E-state index contributed by atoms with van der Waals surface area (Å²) in [6, 6.07) is 8.18. The number of piperazine rings is 1. The van der Waals surface area contributed by atoms with E-state index in [0.717, 1.165) is 31.9 Å². The number of hydrogen-bond donors (Lipinski definition) is 2. The van der Waals surface area contributed by atoms with Crippen LogP contribution in [0.4, 0.5) is 5.69 Å². The fourth-order valence-electron chi connectivity index (χ4n) is 2.81. The van der Waals surface area contributed by atoms with Gasteiger partial charge in [0.25, 0.3) is 5.91 Å². The molecule has 0 saturated carbocycles. The minimum absolute atomic E-state index is 0.0254. The second kappa shape index (κ2) is 7.31. The Balaban J connectivity index is 1.92. The largest absolute Gasteiger partial charge is 0.497 e. The van der Waals surface area contributed by atoms with E-state index in [4.69, 9.17) is 4.74 Å². The number of anilines is 1. The van der Waals surface area contributed by atoms with Gasteiger partial charge >= 0.3 is 0 Å². The molecule has 0 bridgehead atoms. The standard InChI is InChI=1S/C16H25N3O2/c1-4-17-16(20)13(2)18-8-10-19(11-9-18)14-6-5-7-15(12-14)21-3/h5-7,12-13H,4,8-11H2,1-3H3,(H,17,20)/p+1/t13-/m1/s1. The maximum absolute atomic E-state index is 11.9. The first-order valence-electron chi connectivity index (χ1n) is 7.67. The van der Waals surface area contributed by atoms with Gasteiger partial charge in [-0.1, -0.05) is 6.07 Å². The van der Waals surface area contributed by atoms with E-state index in [1.165, 1.54) is 10.6 Å². The third-order valence-electron chi connectivity index (χ3n) is 4.18. The number of carbonyl (C=O) groups is 1. The van der Waals surface area contributed by atoms with Crippen molar-refractivity contribution in [1.82, 2.24) is 5.32 Å². The first-order valence-corrected chi connectivity index (χ1v) is 7.67. The number of quaternary nitrogens is 1. The number of nitrogens with zero attached hydrogens (tertiary/aromatic N) is 1. The molecule has 1 fully saturated rings. The molecule has 1 aliphatic heterocycles. The third-order valence-corrected chi connectivity index (χ3v) is 4.18. The summed E-state index contributed by atoms with van der Waals surface area (Å²) >= 11 is 0. The van der Waals surface area contributed by atoms with Gasteiger partial charge in [-0.25, -0.2) is 0 Å². The molecule has 116 valence electrons. The zero-order valence-electron chi connectivity index (χ0n) is 13.2. The Kier molecular flexibility index (Phi) is 5.44. The summed E-state index contributed by atoms with van der Waals surface area (Å²) in [5, 5.41) is 2.91. The number of rotatable bonds is 5. The second-order valence-electron chi connectivity index (χ2n) is 5.46. The van der Waals surface area contributed by atoms with Crippen LogP contribution in [0.1, 0.15) is 13.8 Å². The zero-order valence-corrected chi connectivity index (χ0v) is 13.2. The van der Waals surface area contributed by atoms with E-state index < -0.39 is 0 Å². The van der Waals surface area contributed by atoms with Crippen LogP contribution in [0.25, 0.3) is 0 Å². The maximum Gasteiger partial charge on any atom is 0.278 e. The molecule has 1 amide bonds. The van der Waals surface area contributed by atoms with Crippen molar-refractivity contribution < 1.29 is 14.4 Å². The SMILES string of the molecule is CCNC(=O)[C@@H](C)[NH+]1CCN(c2cccc(OC)c2)CC1. The highest BCUT2D eigenvalue weighted by atomic mass is 16.5. The minimum atomic E-state index is 0.0254. The predicted molar refractivity (Wildman–Crippen MR) is 84.0 cm³/mol. The lowest BCUT2D eigenvalue weighted by molar-refractivity contribution is -0.914. The summed E-state index contributed by atoms with van der Waals surface area (Å²) in [7, 11) is 1.69. The molecule has 1 aliphatic rings. The van der Waals surface area contributed by atoms with Crippen molar-refractivity contribution >= 4 is 11.6 Å². The number of nitrogens with one attached hydrogen (secondary N) is 2. The Morgan fingerprint density at radius 1 is 1.43 bits per heavy atom. The molecule has 2 N–H and O–H groups in total. The fraction of sp³-hybridized carbons (Fsp3) is 0.562. The molecule has 0 aromatic heterocycles. The van der Waals surface area contributed by atoms with Gasteiger partial charge in [-0.3, -0.25) is 4.79 Å². The quantitative estimate of drug-likeness (QED) is 0.798. The molecule has 1 heterocycles. The summed E-state index contributed by atoms with van der Waals surface area (Å²) in [6.07, 6.45) is 0. The molecule has 0 spiro atoms. The highest BCUT2D eigenvalue weighted by molar-refractivity contribution is 5.79. The number of amides is 1. The fourth-order valence-corrected chi connectivity index (χ4v) is 2.81. The predicted octanol–water partition coefficient (Wildman–Crippen LogP) is -0.0753. The summed E-state index contributed by atoms with van der Waals surface area (Å²) < 4.78 is 5.28. The molecule has 5 heteroatoms. The topological polar surface area (TPSA) is 46.0 Å². The van der Waals surface area contributed by atoms with E-state index in [2.05, 4.69) is 22.3 Å². The number of ether oxygens (including phenoxy) is 1. The number of hydrogen-bond acceptors (Lipinski definition) is 3. The first kappa shape index (κ1) is 15.6. The molecular weight excluding hydrogens is 266 g/mol. The number of likely N-dealkylation sites (N-methyl/N-ethyl adjacent to an activating group) is 1.